The number of carbonyl (C=O) groups is 3. The van der Waals surface area contributed by atoms with Crippen molar-refractivity contribution in [1.29, 1.82) is 5.26 Å². The van der Waals surface area contributed by atoms with Crippen LogP contribution in [0.2, 0.25) is 0 Å². The van der Waals surface area contributed by atoms with E-state index in [2.05, 4.69) is 11.9 Å². The lowest BCUT2D eigenvalue weighted by molar-refractivity contribution is -0.166. The summed E-state index contributed by atoms with van der Waals surface area (Å²) in [4.78, 5) is 39.2. The summed E-state index contributed by atoms with van der Waals surface area (Å²) >= 11 is 0. The Labute approximate surface area is 145 Å². The molecule has 1 aliphatic heterocycles. The van der Waals surface area contributed by atoms with Crippen LogP contribution in [0.4, 0.5) is 0 Å². The van der Waals surface area contributed by atoms with Gasteiger partial charge in [-0.3, -0.25) is 24.6 Å². The molecule has 0 spiro atoms. The third-order valence-corrected chi connectivity index (χ3v) is 4.00. The molecule has 0 aliphatic carbocycles. The van der Waals surface area contributed by atoms with Gasteiger partial charge in [0.1, 0.15) is 6.61 Å². The van der Waals surface area contributed by atoms with Crippen LogP contribution in [0, 0.1) is 16.7 Å². The first kappa shape index (κ1) is 18.4. The zero-order valence-corrected chi connectivity index (χ0v) is 13.7. The molecular weight excluding hydrogens is 322 g/mol. The number of esters is 1. The van der Waals surface area contributed by atoms with Gasteiger partial charge < -0.3 is 4.74 Å². The minimum Gasteiger partial charge on any atom is -0.461 e. The first-order valence-corrected chi connectivity index (χ1v) is 7.84. The van der Waals surface area contributed by atoms with Crippen molar-refractivity contribution in [2.45, 2.75) is 12.8 Å². The summed E-state index contributed by atoms with van der Waals surface area (Å²) in [5, 5.41) is 11.8. The van der Waals surface area contributed by atoms with E-state index in [1.807, 2.05) is 6.07 Å². The van der Waals surface area contributed by atoms with Crippen LogP contribution in [-0.2, 0) is 14.3 Å². The fourth-order valence-corrected chi connectivity index (χ4v) is 2.69. The van der Waals surface area contributed by atoms with E-state index in [0.29, 0.717) is 5.56 Å². The number of rotatable bonds is 6. The second-order valence-electron chi connectivity index (χ2n) is 5.62. The summed E-state index contributed by atoms with van der Waals surface area (Å²) in [5.41, 5.74) is -1.25. The number of hydrogen-bond donors (Lipinski definition) is 1. The van der Waals surface area contributed by atoms with Crippen molar-refractivity contribution < 1.29 is 19.1 Å². The second-order valence-corrected chi connectivity index (χ2v) is 5.62. The number of imide groups is 1. The van der Waals surface area contributed by atoms with Gasteiger partial charge in [0.15, 0.2) is 5.41 Å². The smallest absolute Gasteiger partial charge is 0.323 e. The molecule has 1 fully saturated rings. The number of carbonyl (C=O) groups excluding carboxylic acids is 3. The minimum absolute atomic E-state index is 0.00436. The van der Waals surface area contributed by atoms with Crippen molar-refractivity contribution in [1.82, 2.24) is 10.2 Å². The topological polar surface area (TPSA) is 99.5 Å². The van der Waals surface area contributed by atoms with E-state index in [1.54, 1.807) is 30.3 Å². The second kappa shape index (κ2) is 8.22. The molecule has 1 heterocycles. The molecule has 7 heteroatoms. The quantitative estimate of drug-likeness (QED) is 0.362. The summed E-state index contributed by atoms with van der Waals surface area (Å²) in [5.74, 6) is -1.91. The van der Waals surface area contributed by atoms with E-state index in [0.717, 1.165) is 4.90 Å². The molecule has 25 heavy (non-hydrogen) atoms. The third kappa shape index (κ3) is 3.75. The van der Waals surface area contributed by atoms with Gasteiger partial charge in [0.2, 0.25) is 5.91 Å². The maximum atomic E-state index is 13.0. The monoisotopic (exact) mass is 341 g/mol. The molecule has 2 amide bonds. The molecule has 0 radical (unpaired) electrons. The fourth-order valence-electron chi connectivity index (χ4n) is 2.69. The van der Waals surface area contributed by atoms with Crippen LogP contribution in [0.15, 0.2) is 43.0 Å². The number of nitrogens with zero attached hydrogens (tertiary/aromatic N) is 2. The van der Waals surface area contributed by atoms with Crippen molar-refractivity contribution in [3.8, 4) is 6.07 Å². The highest BCUT2D eigenvalue weighted by Crippen LogP contribution is 2.31. The van der Waals surface area contributed by atoms with Gasteiger partial charge in [-0.1, -0.05) is 30.9 Å². The van der Waals surface area contributed by atoms with Crippen molar-refractivity contribution in [2.75, 3.05) is 19.8 Å². The molecule has 0 saturated carbocycles. The summed E-state index contributed by atoms with van der Waals surface area (Å²) in [7, 11) is 0. The van der Waals surface area contributed by atoms with Crippen LogP contribution >= 0.6 is 0 Å². The molecule has 1 aromatic rings. The Morgan fingerprint density at radius 2 is 2.12 bits per heavy atom. The van der Waals surface area contributed by atoms with Crippen LogP contribution in [0.25, 0.3) is 0 Å². The van der Waals surface area contributed by atoms with Gasteiger partial charge in [-0.05, 0) is 18.6 Å². The maximum Gasteiger partial charge on any atom is 0.323 e. The van der Waals surface area contributed by atoms with Crippen molar-refractivity contribution in [2.24, 2.45) is 5.41 Å². The van der Waals surface area contributed by atoms with Crippen LogP contribution in [0.1, 0.15) is 23.2 Å². The average Bonchev–Trinajstić information content (AvgIpc) is 2.65. The Hall–Kier alpha value is -2.98. The molecule has 7 nitrogen and oxygen atoms in total. The highest BCUT2D eigenvalue weighted by molar-refractivity contribution is 6.13. The number of amides is 2. The van der Waals surface area contributed by atoms with Gasteiger partial charge in [0, 0.05) is 18.5 Å². The Morgan fingerprint density at radius 3 is 2.76 bits per heavy atom. The standard InChI is InChI=1S/C18H19N3O4/c1-2-11-25-17(24)18(9-6-10-19)12-20-13-21(16(18)23)15(22)14-7-4-3-5-8-14/h2-5,7-8,20H,1,6,9,11-13H2. The Morgan fingerprint density at radius 1 is 1.40 bits per heavy atom. The maximum absolute atomic E-state index is 13.0. The third-order valence-electron chi connectivity index (χ3n) is 4.00. The summed E-state index contributed by atoms with van der Waals surface area (Å²) in [6.45, 7) is 3.43. The summed E-state index contributed by atoms with van der Waals surface area (Å²) in [6.07, 6.45) is 1.36. The SMILES string of the molecule is C=CCOC(=O)C1(CCC#N)CNCN(C(=O)c2ccccc2)C1=O. The fraction of sp³-hybridized carbons (Fsp3) is 0.333. The van der Waals surface area contributed by atoms with Crippen LogP contribution < -0.4 is 5.32 Å². The zero-order valence-electron chi connectivity index (χ0n) is 13.7. The normalized spacial score (nSPS) is 19.8. The van der Waals surface area contributed by atoms with E-state index >= 15 is 0 Å². The molecule has 1 aromatic carbocycles. The highest BCUT2D eigenvalue weighted by atomic mass is 16.5. The lowest BCUT2D eigenvalue weighted by atomic mass is 9.80. The number of nitriles is 1. The first-order chi connectivity index (χ1) is 12.1. The van der Waals surface area contributed by atoms with Gasteiger partial charge in [0.05, 0.1) is 12.7 Å². The first-order valence-electron chi connectivity index (χ1n) is 7.84. The van der Waals surface area contributed by atoms with E-state index in [1.165, 1.54) is 6.08 Å². The van der Waals surface area contributed by atoms with Crippen LogP contribution in [0.5, 0.6) is 0 Å². The van der Waals surface area contributed by atoms with E-state index in [-0.39, 0.29) is 32.7 Å². The van der Waals surface area contributed by atoms with Crippen LogP contribution in [0.3, 0.4) is 0 Å². The Kier molecular flexibility index (Phi) is 6.03. The molecule has 2 rings (SSSR count). The lowest BCUT2D eigenvalue weighted by Crippen LogP contribution is -2.62. The molecule has 0 bridgehead atoms. The molecule has 1 unspecified atom stereocenters. The van der Waals surface area contributed by atoms with Gasteiger partial charge in [0.25, 0.3) is 5.91 Å². The molecular formula is C18H19N3O4. The Bertz CT molecular complexity index is 711. The molecule has 1 aliphatic rings. The van der Waals surface area contributed by atoms with Crippen LogP contribution in [-0.4, -0.2) is 42.5 Å². The lowest BCUT2D eigenvalue weighted by Gasteiger charge is -2.39. The number of benzene rings is 1. The van der Waals surface area contributed by atoms with Crippen molar-refractivity contribution in [3.63, 3.8) is 0 Å². The van der Waals surface area contributed by atoms with E-state index in [9.17, 15) is 14.4 Å². The van der Waals surface area contributed by atoms with Gasteiger partial charge in [-0.2, -0.15) is 5.26 Å². The molecule has 1 saturated heterocycles. The summed E-state index contributed by atoms with van der Waals surface area (Å²) < 4.78 is 5.07. The minimum atomic E-state index is -1.60. The van der Waals surface area contributed by atoms with Gasteiger partial charge in [-0.25, -0.2) is 0 Å². The zero-order chi connectivity index (χ0) is 18.3. The summed E-state index contributed by atoms with van der Waals surface area (Å²) in [6, 6.07) is 10.3. The van der Waals surface area contributed by atoms with Crippen molar-refractivity contribution >= 4 is 17.8 Å². The average molecular weight is 341 g/mol. The predicted molar refractivity (Wildman–Crippen MR) is 88.9 cm³/mol. The molecule has 1 atom stereocenters. The number of hydrogen-bond acceptors (Lipinski definition) is 6. The largest absolute Gasteiger partial charge is 0.461 e. The molecule has 130 valence electrons. The van der Waals surface area contributed by atoms with E-state index in [4.69, 9.17) is 10.00 Å². The Balaban J connectivity index is 2.32. The predicted octanol–water partition coefficient (Wildman–Crippen LogP) is 1.24. The van der Waals surface area contributed by atoms with Crippen molar-refractivity contribution in [3.05, 3.63) is 48.6 Å². The van der Waals surface area contributed by atoms with Gasteiger partial charge in [-0.15, -0.1) is 0 Å². The number of ether oxygens (including phenoxy) is 1. The number of nitrogens with one attached hydrogen (secondary N) is 1. The molecule has 1 N–H and O–H groups in total. The van der Waals surface area contributed by atoms with E-state index < -0.39 is 23.2 Å². The highest BCUT2D eigenvalue weighted by Gasteiger charge is 2.52. The van der Waals surface area contributed by atoms with Gasteiger partial charge >= 0.3 is 5.97 Å². The molecule has 0 aromatic heterocycles.